The Labute approximate surface area is 118 Å². The lowest BCUT2D eigenvalue weighted by molar-refractivity contribution is -0.133. The topological polar surface area (TPSA) is 41.5 Å². The second-order valence-corrected chi connectivity index (χ2v) is 6.85. The standard InChI is InChI=1S/C16H31NO2/c1-4-19-15-10-14(16(15)7-5-6-8-16)17-13(11-18)9-12(2)3/h12-15,17-18H,4-11H2,1-3H3. The first-order chi connectivity index (χ1) is 9.12. The molecular formula is C16H31NO2. The summed E-state index contributed by atoms with van der Waals surface area (Å²) in [4.78, 5) is 0. The molecule has 3 heteroatoms. The summed E-state index contributed by atoms with van der Waals surface area (Å²) in [5, 5.41) is 13.3. The van der Waals surface area contributed by atoms with Crippen molar-refractivity contribution >= 4 is 0 Å². The Morgan fingerprint density at radius 1 is 1.32 bits per heavy atom. The number of nitrogens with one attached hydrogen (secondary N) is 1. The maximum Gasteiger partial charge on any atom is 0.0661 e. The number of ether oxygens (including phenoxy) is 1. The Morgan fingerprint density at radius 2 is 2.00 bits per heavy atom. The van der Waals surface area contributed by atoms with Gasteiger partial charge in [-0.05, 0) is 38.5 Å². The minimum atomic E-state index is 0.254. The van der Waals surface area contributed by atoms with Crippen LogP contribution in [0.3, 0.4) is 0 Å². The fourth-order valence-corrected chi connectivity index (χ4v) is 4.17. The Morgan fingerprint density at radius 3 is 2.53 bits per heavy atom. The zero-order chi connectivity index (χ0) is 13.9. The molecule has 0 amide bonds. The van der Waals surface area contributed by atoms with Gasteiger partial charge in [-0.25, -0.2) is 0 Å². The molecule has 2 aliphatic carbocycles. The van der Waals surface area contributed by atoms with Crippen LogP contribution in [0.4, 0.5) is 0 Å². The number of hydrogen-bond donors (Lipinski definition) is 2. The van der Waals surface area contributed by atoms with Gasteiger partial charge in [-0.2, -0.15) is 0 Å². The summed E-state index contributed by atoms with van der Waals surface area (Å²) >= 11 is 0. The van der Waals surface area contributed by atoms with Crippen molar-refractivity contribution in [2.45, 2.75) is 77.5 Å². The van der Waals surface area contributed by atoms with E-state index in [9.17, 15) is 5.11 Å². The van der Waals surface area contributed by atoms with E-state index >= 15 is 0 Å². The van der Waals surface area contributed by atoms with E-state index in [1.807, 2.05) is 0 Å². The van der Waals surface area contributed by atoms with Gasteiger partial charge in [0.1, 0.15) is 0 Å². The predicted octanol–water partition coefficient (Wildman–Crippen LogP) is 2.72. The third-order valence-corrected chi connectivity index (χ3v) is 5.10. The van der Waals surface area contributed by atoms with Crippen LogP contribution in [0.15, 0.2) is 0 Å². The summed E-state index contributed by atoms with van der Waals surface area (Å²) in [5.41, 5.74) is 0.375. The lowest BCUT2D eigenvalue weighted by Gasteiger charge is -2.55. The normalized spacial score (nSPS) is 30.8. The maximum atomic E-state index is 9.55. The van der Waals surface area contributed by atoms with E-state index in [1.54, 1.807) is 0 Å². The highest BCUT2D eigenvalue weighted by Gasteiger charge is 2.56. The molecule has 2 fully saturated rings. The first kappa shape index (κ1) is 15.3. The van der Waals surface area contributed by atoms with E-state index < -0.39 is 0 Å². The minimum absolute atomic E-state index is 0.254. The van der Waals surface area contributed by atoms with E-state index in [2.05, 4.69) is 26.1 Å². The summed E-state index contributed by atoms with van der Waals surface area (Å²) in [7, 11) is 0. The average Bonchev–Trinajstić information content (AvgIpc) is 2.88. The molecule has 3 nitrogen and oxygen atoms in total. The molecule has 3 unspecified atom stereocenters. The van der Waals surface area contributed by atoms with Gasteiger partial charge in [0, 0.05) is 24.1 Å². The summed E-state index contributed by atoms with van der Waals surface area (Å²) in [6.45, 7) is 7.62. The molecule has 1 spiro atoms. The van der Waals surface area contributed by atoms with Crippen LogP contribution < -0.4 is 5.32 Å². The Balaban J connectivity index is 1.93. The molecule has 0 radical (unpaired) electrons. The van der Waals surface area contributed by atoms with E-state index in [0.717, 1.165) is 19.4 Å². The van der Waals surface area contributed by atoms with Crippen LogP contribution in [-0.2, 0) is 4.74 Å². The van der Waals surface area contributed by atoms with Crippen LogP contribution in [0.2, 0.25) is 0 Å². The number of aliphatic hydroxyl groups excluding tert-OH is 1. The summed E-state index contributed by atoms with van der Waals surface area (Å²) in [6, 6.07) is 0.813. The van der Waals surface area contributed by atoms with Crippen LogP contribution in [-0.4, -0.2) is 36.5 Å². The van der Waals surface area contributed by atoms with Gasteiger partial charge in [-0.1, -0.05) is 26.7 Å². The molecule has 19 heavy (non-hydrogen) atoms. The van der Waals surface area contributed by atoms with Crippen molar-refractivity contribution in [3.05, 3.63) is 0 Å². The smallest absolute Gasteiger partial charge is 0.0661 e. The fraction of sp³-hybridized carbons (Fsp3) is 1.00. The Bertz CT molecular complexity index is 274. The first-order valence-electron chi connectivity index (χ1n) is 8.11. The van der Waals surface area contributed by atoms with Crippen LogP contribution in [0.25, 0.3) is 0 Å². The van der Waals surface area contributed by atoms with Crippen molar-refractivity contribution in [1.82, 2.24) is 5.32 Å². The second-order valence-electron chi connectivity index (χ2n) is 6.85. The predicted molar refractivity (Wildman–Crippen MR) is 78.2 cm³/mol. The van der Waals surface area contributed by atoms with Crippen molar-refractivity contribution in [1.29, 1.82) is 0 Å². The van der Waals surface area contributed by atoms with Gasteiger partial charge >= 0.3 is 0 Å². The zero-order valence-corrected chi connectivity index (χ0v) is 12.8. The lowest BCUT2D eigenvalue weighted by atomic mass is 9.60. The van der Waals surface area contributed by atoms with E-state index in [1.165, 1.54) is 25.7 Å². The van der Waals surface area contributed by atoms with Crippen molar-refractivity contribution in [3.63, 3.8) is 0 Å². The highest BCUT2D eigenvalue weighted by Crippen LogP contribution is 2.54. The second kappa shape index (κ2) is 6.55. The van der Waals surface area contributed by atoms with Crippen LogP contribution in [0.5, 0.6) is 0 Å². The Hall–Kier alpha value is -0.120. The maximum absolute atomic E-state index is 9.55. The van der Waals surface area contributed by atoms with Crippen LogP contribution >= 0.6 is 0 Å². The average molecular weight is 269 g/mol. The first-order valence-corrected chi connectivity index (χ1v) is 8.11. The van der Waals surface area contributed by atoms with E-state index in [4.69, 9.17) is 4.74 Å². The van der Waals surface area contributed by atoms with Crippen molar-refractivity contribution < 1.29 is 9.84 Å². The molecule has 0 aromatic heterocycles. The molecule has 0 heterocycles. The highest BCUT2D eigenvalue weighted by molar-refractivity contribution is 5.10. The van der Waals surface area contributed by atoms with Gasteiger partial charge in [0.2, 0.25) is 0 Å². The molecule has 2 saturated carbocycles. The fourth-order valence-electron chi connectivity index (χ4n) is 4.17. The van der Waals surface area contributed by atoms with Gasteiger partial charge in [-0.15, -0.1) is 0 Å². The molecule has 0 saturated heterocycles. The number of hydrogen-bond acceptors (Lipinski definition) is 3. The number of rotatable bonds is 7. The summed E-state index contributed by atoms with van der Waals surface area (Å²) in [6.07, 6.45) is 7.93. The molecule has 0 bridgehead atoms. The van der Waals surface area contributed by atoms with Crippen LogP contribution in [0, 0.1) is 11.3 Å². The number of aliphatic hydroxyl groups is 1. The molecular weight excluding hydrogens is 238 g/mol. The van der Waals surface area contributed by atoms with Crippen molar-refractivity contribution in [3.8, 4) is 0 Å². The van der Waals surface area contributed by atoms with Gasteiger partial charge in [-0.3, -0.25) is 0 Å². The quantitative estimate of drug-likeness (QED) is 0.746. The monoisotopic (exact) mass is 269 g/mol. The highest BCUT2D eigenvalue weighted by atomic mass is 16.5. The molecule has 3 atom stereocenters. The molecule has 0 aliphatic heterocycles. The van der Waals surface area contributed by atoms with E-state index in [-0.39, 0.29) is 12.6 Å². The van der Waals surface area contributed by atoms with Gasteiger partial charge in [0.25, 0.3) is 0 Å². The molecule has 2 rings (SSSR count). The molecule has 112 valence electrons. The Kier molecular flexibility index (Phi) is 5.27. The molecule has 0 aromatic carbocycles. The van der Waals surface area contributed by atoms with Crippen LogP contribution in [0.1, 0.15) is 59.3 Å². The molecule has 2 aliphatic rings. The zero-order valence-electron chi connectivity index (χ0n) is 12.8. The summed E-state index contributed by atoms with van der Waals surface area (Å²) < 4.78 is 5.94. The SMILES string of the molecule is CCOC1CC(NC(CO)CC(C)C)C12CCCC2. The van der Waals surface area contributed by atoms with Gasteiger partial charge < -0.3 is 15.2 Å². The van der Waals surface area contributed by atoms with Gasteiger partial charge in [0.15, 0.2) is 0 Å². The third-order valence-electron chi connectivity index (χ3n) is 5.10. The van der Waals surface area contributed by atoms with Crippen molar-refractivity contribution in [2.75, 3.05) is 13.2 Å². The molecule has 0 aromatic rings. The largest absolute Gasteiger partial charge is 0.395 e. The van der Waals surface area contributed by atoms with E-state index in [0.29, 0.717) is 23.5 Å². The minimum Gasteiger partial charge on any atom is -0.395 e. The van der Waals surface area contributed by atoms with Gasteiger partial charge in [0.05, 0.1) is 12.7 Å². The summed E-state index contributed by atoms with van der Waals surface area (Å²) in [5.74, 6) is 0.631. The third kappa shape index (κ3) is 3.14. The lowest BCUT2D eigenvalue weighted by Crippen LogP contribution is -2.64. The molecule has 2 N–H and O–H groups in total. The van der Waals surface area contributed by atoms with Crippen molar-refractivity contribution in [2.24, 2.45) is 11.3 Å².